The van der Waals surface area contributed by atoms with E-state index in [1.165, 1.54) is 0 Å². The van der Waals surface area contributed by atoms with Crippen molar-refractivity contribution in [1.29, 1.82) is 0 Å². The van der Waals surface area contributed by atoms with Crippen molar-refractivity contribution in [3.8, 4) is 0 Å². The molecule has 5 nitrogen and oxygen atoms in total. The maximum absolute atomic E-state index is 12.4. The van der Waals surface area contributed by atoms with Crippen molar-refractivity contribution in [3.63, 3.8) is 0 Å². The number of para-hydroxylation sites is 2. The van der Waals surface area contributed by atoms with Gasteiger partial charge in [-0.05, 0) is 6.07 Å². The van der Waals surface area contributed by atoms with Gasteiger partial charge in [0, 0.05) is 45.7 Å². The summed E-state index contributed by atoms with van der Waals surface area (Å²) in [5.74, 6) is 0. The molecule has 20 heavy (non-hydrogen) atoms. The molecule has 0 saturated heterocycles. The van der Waals surface area contributed by atoms with Crippen LogP contribution in [0.15, 0.2) is 54.7 Å². The van der Waals surface area contributed by atoms with E-state index in [1.54, 1.807) is 48.7 Å². The first kappa shape index (κ1) is 10.9. The second kappa shape index (κ2) is 3.77. The van der Waals surface area contributed by atoms with E-state index in [0.29, 0.717) is 28.3 Å². The molecule has 0 atom stereocenters. The van der Waals surface area contributed by atoms with Gasteiger partial charge >= 0.3 is 22.7 Å². The smallest absolute Gasteiger partial charge is 0.256 e. The van der Waals surface area contributed by atoms with Crippen LogP contribution in [0.3, 0.4) is 0 Å². The molecule has 0 bridgehead atoms. The van der Waals surface area contributed by atoms with E-state index in [9.17, 15) is 9.81 Å². The Kier molecular flexibility index (Phi) is 2.06. The van der Waals surface area contributed by atoms with Crippen LogP contribution in [0.5, 0.6) is 0 Å². The molecule has 94 valence electrons. The van der Waals surface area contributed by atoms with Gasteiger partial charge in [-0.2, -0.15) is 0 Å². The number of nitroso groups, excluding NO2 is 2. The number of fused-ring (bicyclic) bond motifs is 3. The van der Waals surface area contributed by atoms with E-state index in [0.717, 1.165) is 14.9 Å². The van der Waals surface area contributed by atoms with Crippen LogP contribution in [0.1, 0.15) is 0 Å². The summed E-state index contributed by atoms with van der Waals surface area (Å²) in [7, 11) is 0. The summed E-state index contributed by atoms with van der Waals surface area (Å²) in [4.78, 5) is 29.1. The Morgan fingerprint density at radius 3 is 2.10 bits per heavy atom. The number of aromatic nitrogens is 1. The van der Waals surface area contributed by atoms with Gasteiger partial charge in [-0.3, -0.25) is 4.98 Å². The monoisotopic (exact) mass is 263 g/mol. The summed E-state index contributed by atoms with van der Waals surface area (Å²) in [6, 6.07) is 13.8. The van der Waals surface area contributed by atoms with Crippen LogP contribution in [0.2, 0.25) is 0 Å². The molecule has 0 N–H and O–H groups in total. The Morgan fingerprint density at radius 2 is 1.40 bits per heavy atom. The van der Waals surface area contributed by atoms with Gasteiger partial charge in [0.15, 0.2) is 0 Å². The van der Waals surface area contributed by atoms with Crippen molar-refractivity contribution >= 4 is 33.7 Å². The molecule has 0 spiro atoms. The van der Waals surface area contributed by atoms with E-state index < -0.39 is 0 Å². The van der Waals surface area contributed by atoms with Crippen LogP contribution in [0.25, 0.3) is 10.9 Å². The van der Waals surface area contributed by atoms with Crippen molar-refractivity contribution in [2.75, 3.05) is 0 Å². The summed E-state index contributed by atoms with van der Waals surface area (Å²) in [5, 5.41) is 0.833. The molecule has 2 aromatic carbocycles. The van der Waals surface area contributed by atoms with E-state index in [4.69, 9.17) is 0 Å². The molecule has 1 aliphatic rings. The lowest BCUT2D eigenvalue weighted by atomic mass is 10.1. The minimum Gasteiger partial charge on any atom is -0.256 e. The molecule has 0 unspecified atom stereocenters. The lowest BCUT2D eigenvalue weighted by Crippen LogP contribution is -2.13. The van der Waals surface area contributed by atoms with Crippen LogP contribution in [0.4, 0.5) is 22.7 Å². The molecule has 0 aliphatic carbocycles. The molecule has 1 aliphatic heterocycles. The van der Waals surface area contributed by atoms with Gasteiger partial charge < -0.3 is 0 Å². The number of hydrogen-bond donors (Lipinski definition) is 0. The first-order valence-electron chi connectivity index (χ1n) is 6.18. The lowest BCUT2D eigenvalue weighted by molar-refractivity contribution is 0.929. The third-order valence-electron chi connectivity index (χ3n) is 3.46. The molecular weight excluding hydrogens is 254 g/mol. The number of pyridine rings is 1. The van der Waals surface area contributed by atoms with Crippen LogP contribution >= 0.6 is 0 Å². The fraction of sp³-hybridized carbons (Fsp3) is 0. The van der Waals surface area contributed by atoms with E-state index in [1.807, 2.05) is 6.07 Å². The van der Waals surface area contributed by atoms with Gasteiger partial charge in [0.05, 0.1) is 15.0 Å². The molecule has 0 fully saturated rings. The van der Waals surface area contributed by atoms with Crippen LogP contribution in [-0.4, -0.2) is 4.98 Å². The minimum absolute atomic E-state index is 0.324. The van der Waals surface area contributed by atoms with E-state index in [2.05, 4.69) is 4.98 Å². The Balaban J connectivity index is 2.08. The maximum atomic E-state index is 12.4. The number of benzene rings is 2. The first-order chi connectivity index (χ1) is 9.75. The second-order valence-corrected chi connectivity index (χ2v) is 4.61. The number of nitrogens with zero attached hydrogens (tertiary/aromatic N) is 3. The maximum Gasteiger partial charge on any atom is 0.341 e. The highest BCUT2D eigenvalue weighted by molar-refractivity contribution is 5.91. The zero-order chi connectivity index (χ0) is 13.7. The Morgan fingerprint density at radius 1 is 0.750 bits per heavy atom. The highest BCUT2D eigenvalue weighted by atomic mass is 16.3. The normalized spacial score (nSPS) is 13.2. The molecule has 4 rings (SSSR count). The van der Waals surface area contributed by atoms with Crippen LogP contribution < -0.4 is 9.52 Å². The van der Waals surface area contributed by atoms with E-state index >= 15 is 0 Å². The third-order valence-corrected chi connectivity index (χ3v) is 3.46. The molecule has 0 amide bonds. The van der Waals surface area contributed by atoms with Gasteiger partial charge in [0.1, 0.15) is 0 Å². The quantitative estimate of drug-likeness (QED) is 0.454. The number of rotatable bonds is 0. The molecule has 0 radical (unpaired) electrons. The predicted octanol–water partition coefficient (Wildman–Crippen LogP) is 3.75. The van der Waals surface area contributed by atoms with Gasteiger partial charge in [-0.15, -0.1) is 0 Å². The van der Waals surface area contributed by atoms with Crippen molar-refractivity contribution in [1.82, 2.24) is 14.5 Å². The van der Waals surface area contributed by atoms with Crippen LogP contribution in [-0.2, 0) is 0 Å². The third kappa shape index (κ3) is 1.34. The first-order valence-corrected chi connectivity index (χ1v) is 6.18. The summed E-state index contributed by atoms with van der Waals surface area (Å²) >= 11 is 0. The summed E-state index contributed by atoms with van der Waals surface area (Å²) in [6.07, 6.45) is 1.66. The van der Waals surface area contributed by atoms with Gasteiger partial charge in [-0.25, -0.2) is 0 Å². The lowest BCUT2D eigenvalue weighted by Gasteiger charge is -2.04. The van der Waals surface area contributed by atoms with Crippen molar-refractivity contribution in [2.45, 2.75) is 0 Å². The fourth-order valence-electron chi connectivity index (χ4n) is 2.49. The summed E-state index contributed by atoms with van der Waals surface area (Å²) in [6.45, 7) is 0. The molecule has 0 saturated carbocycles. The predicted molar refractivity (Wildman–Crippen MR) is 77.8 cm³/mol. The molecule has 2 heterocycles. The molecule has 5 heteroatoms. The highest BCUT2D eigenvalue weighted by Crippen LogP contribution is 2.43. The van der Waals surface area contributed by atoms with Gasteiger partial charge in [0.25, 0.3) is 0 Å². The largest absolute Gasteiger partial charge is 0.341 e. The van der Waals surface area contributed by atoms with E-state index in [-0.39, 0.29) is 0 Å². The zero-order valence-electron chi connectivity index (χ0n) is 10.4. The zero-order valence-corrected chi connectivity index (χ0v) is 10.4. The highest BCUT2D eigenvalue weighted by Gasteiger charge is 2.45. The minimum atomic E-state index is 0.324. The van der Waals surface area contributed by atoms with Crippen molar-refractivity contribution < 1.29 is 0 Å². The Hall–Kier alpha value is -2.95. The van der Waals surface area contributed by atoms with Crippen molar-refractivity contribution in [2.24, 2.45) is 0 Å². The average molecular weight is 263 g/mol. The van der Waals surface area contributed by atoms with Gasteiger partial charge in [-0.1, -0.05) is 18.2 Å². The topological polar surface area (TPSA) is 53.0 Å². The molecule has 1 aromatic heterocycles. The SMILES string of the molecule is O=[N+]1c2ccccc2[N+](=O)c2cc3ncccc3cc21. The summed E-state index contributed by atoms with van der Waals surface area (Å²) in [5.41, 5.74) is 2.08. The van der Waals surface area contributed by atoms with Crippen molar-refractivity contribution in [3.05, 3.63) is 64.5 Å². The second-order valence-electron chi connectivity index (χ2n) is 4.61. The molecule has 3 aromatic rings. The standard InChI is InChI=1S/C15H9N3O2/c19-17-12-5-1-2-6-13(12)18(20)15-9-11-10(8-14(15)17)4-3-7-16-11/h1-9H/q+2. The Labute approximate surface area is 113 Å². The fourth-order valence-corrected chi connectivity index (χ4v) is 2.49. The number of hydrogen-bond acceptors (Lipinski definition) is 3. The molecular formula is C15H9N3O2+2. The average Bonchev–Trinajstić information content (AvgIpc) is 2.51. The summed E-state index contributed by atoms with van der Waals surface area (Å²) < 4.78 is 1.58. The Bertz CT molecular complexity index is 829. The van der Waals surface area contributed by atoms with Crippen LogP contribution in [0, 0.1) is 9.81 Å². The van der Waals surface area contributed by atoms with Gasteiger partial charge in [0.2, 0.25) is 0 Å².